The number of allylic oxidation sites excluding steroid dienone is 4. The maximum Gasteiger partial charge on any atom is 0.161 e. The molecule has 0 amide bonds. The van der Waals surface area contributed by atoms with Crippen LogP contribution in [-0.4, -0.2) is 12.2 Å². The molecule has 1 atom stereocenters. The Labute approximate surface area is 283 Å². The van der Waals surface area contributed by atoms with Crippen LogP contribution in [0.1, 0.15) is 68.9 Å². The summed E-state index contributed by atoms with van der Waals surface area (Å²) in [5, 5.41) is 3.69. The zero-order valence-corrected chi connectivity index (χ0v) is 28.2. The minimum Gasteiger partial charge on any atom is -0.346 e. The van der Waals surface area contributed by atoms with Crippen molar-refractivity contribution < 1.29 is 0 Å². The molecule has 1 aliphatic heterocycles. The molecule has 234 valence electrons. The van der Waals surface area contributed by atoms with Crippen molar-refractivity contribution in [3.63, 3.8) is 0 Å². The fraction of sp³-hybridized carbons (Fsp3) is 0.200. The number of amidine groups is 1. The van der Waals surface area contributed by atoms with E-state index in [9.17, 15) is 0 Å². The first-order valence-corrected chi connectivity index (χ1v) is 17.1. The average molecular weight is 622 g/mol. The van der Waals surface area contributed by atoms with Crippen molar-refractivity contribution >= 4 is 29.1 Å². The summed E-state index contributed by atoms with van der Waals surface area (Å²) in [6.07, 6.45) is 7.63. The van der Waals surface area contributed by atoms with Crippen LogP contribution in [0.3, 0.4) is 0 Å². The van der Waals surface area contributed by atoms with Crippen molar-refractivity contribution in [2.24, 2.45) is 15.9 Å². The zero-order chi connectivity index (χ0) is 32.8. The molecule has 0 bridgehead atoms. The number of hydrogen-bond donors (Lipinski definition) is 1. The lowest BCUT2D eigenvalue weighted by Crippen LogP contribution is -2.17. The molecule has 9 rings (SSSR count). The van der Waals surface area contributed by atoms with Crippen LogP contribution in [0.5, 0.6) is 0 Å². The molecule has 0 saturated carbocycles. The Morgan fingerprint density at radius 3 is 2.15 bits per heavy atom. The van der Waals surface area contributed by atoms with Crippen molar-refractivity contribution in [3.8, 4) is 33.4 Å². The Morgan fingerprint density at radius 1 is 0.625 bits per heavy atom. The summed E-state index contributed by atoms with van der Waals surface area (Å²) in [5.74, 6) is 1.14. The third-order valence-corrected chi connectivity index (χ3v) is 11.2. The smallest absolute Gasteiger partial charge is 0.161 e. The highest BCUT2D eigenvalue weighted by Gasteiger charge is 2.41. The molecule has 1 N–H and O–H groups in total. The highest BCUT2D eigenvalue weighted by Crippen LogP contribution is 2.56. The van der Waals surface area contributed by atoms with E-state index in [0.29, 0.717) is 11.8 Å². The summed E-state index contributed by atoms with van der Waals surface area (Å²) in [6, 6.07) is 37.5. The Kier molecular flexibility index (Phi) is 6.24. The Balaban J connectivity index is 1.38. The van der Waals surface area contributed by atoms with Gasteiger partial charge in [-0.1, -0.05) is 120 Å². The van der Waals surface area contributed by atoms with Gasteiger partial charge in [0.2, 0.25) is 0 Å². The maximum atomic E-state index is 5.25. The van der Waals surface area contributed by atoms with Gasteiger partial charge >= 0.3 is 0 Å². The number of anilines is 1. The van der Waals surface area contributed by atoms with Crippen LogP contribution < -0.4 is 5.32 Å². The van der Waals surface area contributed by atoms with Gasteiger partial charge < -0.3 is 5.32 Å². The van der Waals surface area contributed by atoms with Gasteiger partial charge in [-0.05, 0) is 98.3 Å². The summed E-state index contributed by atoms with van der Waals surface area (Å²) in [6.45, 7) is 11.9. The van der Waals surface area contributed by atoms with E-state index in [2.05, 4.69) is 137 Å². The van der Waals surface area contributed by atoms with E-state index in [0.717, 1.165) is 28.9 Å². The summed E-state index contributed by atoms with van der Waals surface area (Å²) in [4.78, 5) is 10.2. The first-order chi connectivity index (χ1) is 23.2. The van der Waals surface area contributed by atoms with Gasteiger partial charge in [-0.15, -0.1) is 0 Å². The fourth-order valence-corrected chi connectivity index (χ4v) is 8.67. The molecule has 48 heavy (non-hydrogen) atoms. The van der Waals surface area contributed by atoms with Crippen LogP contribution in [0, 0.1) is 5.92 Å². The lowest BCUT2D eigenvalue weighted by Gasteiger charge is -2.26. The quantitative estimate of drug-likeness (QED) is 0.199. The van der Waals surface area contributed by atoms with Gasteiger partial charge in [-0.3, -0.25) is 0 Å². The van der Waals surface area contributed by atoms with Gasteiger partial charge in [0, 0.05) is 33.2 Å². The van der Waals surface area contributed by atoms with Gasteiger partial charge in [0.05, 0.1) is 12.0 Å². The van der Waals surface area contributed by atoms with Gasteiger partial charge in [0.1, 0.15) is 0 Å². The molecule has 3 nitrogen and oxygen atoms in total. The largest absolute Gasteiger partial charge is 0.346 e. The SMILES string of the molecule is CC1CC=CC2=C1c1cc3c(cc1C2(C)C)-c1cc2c(cc1-c1ccccc1N=C(c1ccccc1)N=CN3)-c1ccccc1C2(C)C. The minimum absolute atomic E-state index is 0.0981. The van der Waals surface area contributed by atoms with Crippen LogP contribution in [0.15, 0.2) is 131 Å². The molecule has 4 aliphatic rings. The molecular weight excluding hydrogens is 583 g/mol. The average Bonchev–Trinajstić information content (AvgIpc) is 3.45. The van der Waals surface area contributed by atoms with Gasteiger partial charge in [-0.25, -0.2) is 9.98 Å². The molecule has 0 saturated heterocycles. The number of benzene rings is 5. The van der Waals surface area contributed by atoms with Gasteiger partial charge in [-0.2, -0.15) is 0 Å². The van der Waals surface area contributed by atoms with E-state index in [-0.39, 0.29) is 10.8 Å². The van der Waals surface area contributed by atoms with Gasteiger partial charge in [0.25, 0.3) is 0 Å². The van der Waals surface area contributed by atoms with Crippen molar-refractivity contribution in [3.05, 3.63) is 149 Å². The third-order valence-electron chi connectivity index (χ3n) is 11.2. The first kappa shape index (κ1) is 28.9. The Morgan fingerprint density at radius 2 is 1.31 bits per heavy atom. The molecule has 3 aliphatic carbocycles. The Bertz CT molecular complexity index is 2290. The zero-order valence-electron chi connectivity index (χ0n) is 28.2. The van der Waals surface area contributed by atoms with Crippen LogP contribution in [0.2, 0.25) is 0 Å². The summed E-state index contributed by atoms with van der Waals surface area (Å²) < 4.78 is 0. The number of para-hydroxylation sites is 1. The van der Waals surface area contributed by atoms with E-state index >= 15 is 0 Å². The molecule has 0 radical (unpaired) electrons. The van der Waals surface area contributed by atoms with Gasteiger partial charge in [0.15, 0.2) is 5.84 Å². The number of fused-ring (bicyclic) bond motifs is 10. The van der Waals surface area contributed by atoms with Crippen LogP contribution in [0.4, 0.5) is 11.4 Å². The normalized spacial score (nSPS) is 19.0. The summed E-state index contributed by atoms with van der Waals surface area (Å²) >= 11 is 0. The molecule has 1 heterocycles. The molecule has 5 aromatic rings. The van der Waals surface area contributed by atoms with E-state index in [1.54, 1.807) is 0 Å². The van der Waals surface area contributed by atoms with Crippen LogP contribution >= 0.6 is 0 Å². The van der Waals surface area contributed by atoms with E-state index in [1.807, 2.05) is 24.5 Å². The second kappa shape index (κ2) is 10.4. The van der Waals surface area contributed by atoms with E-state index in [4.69, 9.17) is 9.98 Å². The molecular formula is C45H39N3. The minimum atomic E-state index is -0.128. The Hall–Kier alpha value is -5.28. The predicted octanol–water partition coefficient (Wildman–Crippen LogP) is 11.5. The lowest BCUT2D eigenvalue weighted by atomic mass is 9.77. The number of nitrogens with one attached hydrogen (secondary N) is 1. The van der Waals surface area contributed by atoms with Crippen molar-refractivity contribution in [2.75, 3.05) is 5.32 Å². The molecule has 5 aromatic carbocycles. The molecule has 0 fully saturated rings. The predicted molar refractivity (Wildman–Crippen MR) is 202 cm³/mol. The number of hydrogen-bond acceptors (Lipinski definition) is 3. The second-order valence-electron chi connectivity index (χ2n) is 14.8. The highest BCUT2D eigenvalue weighted by molar-refractivity contribution is 6.08. The molecule has 0 aromatic heterocycles. The number of rotatable bonds is 1. The van der Waals surface area contributed by atoms with Crippen LogP contribution in [-0.2, 0) is 10.8 Å². The highest BCUT2D eigenvalue weighted by atomic mass is 15.0. The maximum absolute atomic E-state index is 5.25. The van der Waals surface area contributed by atoms with Crippen LogP contribution in [0.25, 0.3) is 39.0 Å². The summed E-state index contributed by atoms with van der Waals surface area (Å²) in [5.41, 5.74) is 18.4. The van der Waals surface area contributed by atoms with Crippen molar-refractivity contribution in [1.29, 1.82) is 0 Å². The van der Waals surface area contributed by atoms with Crippen molar-refractivity contribution in [2.45, 2.75) is 51.9 Å². The standard InChI is InChI=1S/C45H39N3/c1-27-14-13-20-37-42(27)35-25-41-34(24-39(35)45(37,4)5)32-23-38-33(29-17-9-11-19-36(29)44(38,2)3)22-31(32)30-18-10-12-21-40(30)48-43(47-26-46-41)28-15-7-6-8-16-28/h6-13,15-27H,14H2,1-5H3,(H,46,47,48). The number of nitrogens with zero attached hydrogens (tertiary/aromatic N) is 2. The summed E-state index contributed by atoms with van der Waals surface area (Å²) in [7, 11) is 0. The first-order valence-electron chi connectivity index (χ1n) is 17.1. The monoisotopic (exact) mass is 621 g/mol. The second-order valence-corrected chi connectivity index (χ2v) is 14.8. The fourth-order valence-electron chi connectivity index (χ4n) is 8.67. The van der Waals surface area contributed by atoms with Crippen molar-refractivity contribution in [1.82, 2.24) is 0 Å². The van der Waals surface area contributed by atoms with E-state index in [1.165, 1.54) is 61.2 Å². The topological polar surface area (TPSA) is 36.8 Å². The van der Waals surface area contributed by atoms with E-state index < -0.39 is 0 Å². The molecule has 3 heteroatoms. The molecule has 1 unspecified atom stereocenters. The molecule has 0 spiro atoms. The number of aliphatic imine (C=N–C) groups is 2. The lowest BCUT2D eigenvalue weighted by molar-refractivity contribution is 0.643. The third kappa shape index (κ3) is 4.13.